The average molecular weight is 273 g/mol. The maximum Gasteiger partial charge on any atom is 0.243 e. The smallest absolute Gasteiger partial charge is 0.243 e. The number of nitrogens with zero attached hydrogens (tertiary/aromatic N) is 6. The van der Waals surface area contributed by atoms with Crippen molar-refractivity contribution in [1.29, 1.82) is 0 Å². The molecule has 1 saturated heterocycles. The zero-order valence-electron chi connectivity index (χ0n) is 11.2. The van der Waals surface area contributed by atoms with Gasteiger partial charge in [-0.05, 0) is 12.8 Å². The van der Waals surface area contributed by atoms with Crippen LogP contribution in [-0.2, 0) is 0 Å². The van der Waals surface area contributed by atoms with Gasteiger partial charge in [0.1, 0.15) is 0 Å². The summed E-state index contributed by atoms with van der Waals surface area (Å²) in [5.74, 6) is 1.50. The van der Waals surface area contributed by atoms with Gasteiger partial charge in [-0.3, -0.25) is 0 Å². The van der Waals surface area contributed by atoms with Crippen molar-refractivity contribution in [2.75, 3.05) is 30.8 Å². The molecule has 3 heterocycles. The molecule has 1 fully saturated rings. The van der Waals surface area contributed by atoms with Gasteiger partial charge in [-0.15, -0.1) is 0 Å². The Morgan fingerprint density at radius 2 is 1.85 bits per heavy atom. The topological polar surface area (TPSA) is 103 Å². The molecular weight excluding hydrogens is 258 g/mol. The summed E-state index contributed by atoms with van der Waals surface area (Å²) in [5, 5.41) is 0. The third-order valence-corrected chi connectivity index (χ3v) is 3.10. The van der Waals surface area contributed by atoms with Crippen molar-refractivity contribution in [2.45, 2.75) is 12.8 Å². The zero-order chi connectivity index (χ0) is 13.9. The van der Waals surface area contributed by atoms with E-state index in [1.165, 1.54) is 7.11 Å². The highest BCUT2D eigenvalue weighted by atomic mass is 16.5. The molecule has 0 aliphatic carbocycles. The Balaban J connectivity index is 2.04. The van der Waals surface area contributed by atoms with Gasteiger partial charge in [0.15, 0.2) is 11.5 Å². The van der Waals surface area contributed by atoms with E-state index in [1.807, 2.05) is 0 Å². The van der Waals surface area contributed by atoms with E-state index < -0.39 is 0 Å². The standard InChI is InChI=1S/C12H15N7O/c1-20-10-8(14-4-5-15-10)9-16-11(13)18-12(17-9)19-6-2-3-7-19/h4-5H,2-3,6-7H2,1H3,(H2,13,16,17,18). The molecule has 8 nitrogen and oxygen atoms in total. The van der Waals surface area contributed by atoms with Crippen molar-refractivity contribution in [3.8, 4) is 17.4 Å². The van der Waals surface area contributed by atoms with Crippen molar-refractivity contribution < 1.29 is 4.74 Å². The van der Waals surface area contributed by atoms with Gasteiger partial charge in [0.25, 0.3) is 0 Å². The van der Waals surface area contributed by atoms with Crippen molar-refractivity contribution in [3.05, 3.63) is 12.4 Å². The fraction of sp³-hybridized carbons (Fsp3) is 0.417. The second-order valence-electron chi connectivity index (χ2n) is 4.43. The zero-order valence-corrected chi connectivity index (χ0v) is 11.2. The van der Waals surface area contributed by atoms with E-state index in [1.54, 1.807) is 12.4 Å². The van der Waals surface area contributed by atoms with E-state index in [0.29, 0.717) is 23.3 Å². The molecule has 3 rings (SSSR count). The van der Waals surface area contributed by atoms with E-state index in [-0.39, 0.29) is 5.95 Å². The summed E-state index contributed by atoms with van der Waals surface area (Å²) in [7, 11) is 1.53. The Morgan fingerprint density at radius 1 is 1.10 bits per heavy atom. The number of ether oxygens (including phenoxy) is 1. The molecular formula is C12H15N7O. The molecule has 0 spiro atoms. The van der Waals surface area contributed by atoms with E-state index in [9.17, 15) is 0 Å². The largest absolute Gasteiger partial charge is 0.479 e. The predicted octanol–water partition coefficient (Wildman–Crippen LogP) is 0.520. The van der Waals surface area contributed by atoms with Crippen molar-refractivity contribution in [2.24, 2.45) is 0 Å². The van der Waals surface area contributed by atoms with Gasteiger partial charge < -0.3 is 15.4 Å². The van der Waals surface area contributed by atoms with Gasteiger partial charge in [-0.1, -0.05) is 0 Å². The molecule has 20 heavy (non-hydrogen) atoms. The minimum absolute atomic E-state index is 0.171. The van der Waals surface area contributed by atoms with Crippen molar-refractivity contribution in [3.63, 3.8) is 0 Å². The molecule has 0 saturated carbocycles. The molecule has 0 bridgehead atoms. The highest BCUT2D eigenvalue weighted by Crippen LogP contribution is 2.24. The molecule has 8 heteroatoms. The van der Waals surface area contributed by atoms with Gasteiger partial charge in [-0.2, -0.15) is 15.0 Å². The monoisotopic (exact) mass is 273 g/mol. The van der Waals surface area contributed by atoms with Crippen LogP contribution < -0.4 is 15.4 Å². The maximum absolute atomic E-state index is 5.78. The van der Waals surface area contributed by atoms with E-state index in [2.05, 4.69) is 29.8 Å². The van der Waals surface area contributed by atoms with Gasteiger partial charge in [0.05, 0.1) is 7.11 Å². The second kappa shape index (κ2) is 5.24. The Morgan fingerprint density at radius 3 is 2.60 bits per heavy atom. The van der Waals surface area contributed by atoms with Gasteiger partial charge >= 0.3 is 0 Å². The molecule has 0 unspecified atom stereocenters. The van der Waals surface area contributed by atoms with Crippen LogP contribution in [0.3, 0.4) is 0 Å². The molecule has 104 valence electrons. The summed E-state index contributed by atoms with van der Waals surface area (Å²) in [6.07, 6.45) is 5.38. The number of aromatic nitrogens is 5. The summed E-state index contributed by atoms with van der Waals surface area (Å²) in [6, 6.07) is 0. The average Bonchev–Trinajstić information content (AvgIpc) is 3.01. The normalized spacial score (nSPS) is 14.6. The van der Waals surface area contributed by atoms with Crippen LogP contribution in [0.1, 0.15) is 12.8 Å². The molecule has 0 atom stereocenters. The number of nitrogens with two attached hydrogens (primary N) is 1. The number of nitrogen functional groups attached to an aromatic ring is 1. The minimum atomic E-state index is 0.171. The van der Waals surface area contributed by atoms with Crippen LogP contribution in [0.2, 0.25) is 0 Å². The first-order valence-electron chi connectivity index (χ1n) is 6.40. The molecule has 0 amide bonds. The number of hydrogen-bond donors (Lipinski definition) is 1. The molecule has 0 radical (unpaired) electrons. The maximum atomic E-state index is 5.78. The Hall–Kier alpha value is -2.51. The summed E-state index contributed by atoms with van der Waals surface area (Å²) < 4.78 is 5.18. The molecule has 0 aromatic carbocycles. The summed E-state index contributed by atoms with van der Waals surface area (Å²) in [6.45, 7) is 1.86. The predicted molar refractivity (Wildman–Crippen MR) is 73.3 cm³/mol. The molecule has 1 aliphatic rings. The van der Waals surface area contributed by atoms with Crippen LogP contribution in [0, 0.1) is 0 Å². The van der Waals surface area contributed by atoms with Crippen molar-refractivity contribution >= 4 is 11.9 Å². The third-order valence-electron chi connectivity index (χ3n) is 3.10. The lowest BCUT2D eigenvalue weighted by Gasteiger charge is -2.15. The van der Waals surface area contributed by atoms with Crippen LogP contribution >= 0.6 is 0 Å². The quantitative estimate of drug-likeness (QED) is 0.863. The third kappa shape index (κ3) is 2.31. The summed E-state index contributed by atoms with van der Waals surface area (Å²) >= 11 is 0. The SMILES string of the molecule is COc1nccnc1-c1nc(N)nc(N2CCCC2)n1. The van der Waals surface area contributed by atoms with E-state index in [0.717, 1.165) is 25.9 Å². The van der Waals surface area contributed by atoms with Gasteiger partial charge in [0.2, 0.25) is 17.8 Å². The van der Waals surface area contributed by atoms with E-state index in [4.69, 9.17) is 10.5 Å². The highest BCUT2D eigenvalue weighted by molar-refractivity contribution is 5.58. The van der Waals surface area contributed by atoms with E-state index >= 15 is 0 Å². The van der Waals surface area contributed by atoms with Gasteiger partial charge in [0, 0.05) is 25.5 Å². The van der Waals surface area contributed by atoms with Gasteiger partial charge in [-0.25, -0.2) is 9.97 Å². The fourth-order valence-corrected chi connectivity index (χ4v) is 2.17. The minimum Gasteiger partial charge on any atom is -0.479 e. The molecule has 1 aliphatic heterocycles. The van der Waals surface area contributed by atoms with Crippen LogP contribution in [0.25, 0.3) is 11.5 Å². The lowest BCUT2D eigenvalue weighted by molar-refractivity contribution is 0.397. The number of methoxy groups -OCH3 is 1. The first-order valence-corrected chi connectivity index (χ1v) is 6.40. The first kappa shape index (κ1) is 12.5. The Bertz CT molecular complexity index is 613. The highest BCUT2D eigenvalue weighted by Gasteiger charge is 2.19. The van der Waals surface area contributed by atoms with Crippen LogP contribution in [0.4, 0.5) is 11.9 Å². The molecule has 2 N–H and O–H groups in total. The lowest BCUT2D eigenvalue weighted by atomic mass is 10.4. The Kier molecular flexibility index (Phi) is 3.28. The molecule has 2 aromatic heterocycles. The lowest BCUT2D eigenvalue weighted by Crippen LogP contribution is -2.21. The molecule has 2 aromatic rings. The van der Waals surface area contributed by atoms with Crippen LogP contribution in [0.15, 0.2) is 12.4 Å². The summed E-state index contributed by atoms with van der Waals surface area (Å²) in [5.41, 5.74) is 6.24. The second-order valence-corrected chi connectivity index (χ2v) is 4.43. The number of rotatable bonds is 3. The Labute approximate surface area is 116 Å². The van der Waals surface area contributed by atoms with Crippen LogP contribution in [-0.4, -0.2) is 45.1 Å². The number of hydrogen-bond acceptors (Lipinski definition) is 8. The van der Waals surface area contributed by atoms with Crippen molar-refractivity contribution in [1.82, 2.24) is 24.9 Å². The first-order chi connectivity index (χ1) is 9.78. The summed E-state index contributed by atoms with van der Waals surface area (Å²) in [4.78, 5) is 23.1. The fourth-order valence-electron chi connectivity index (χ4n) is 2.17. The van der Waals surface area contributed by atoms with Crippen LogP contribution in [0.5, 0.6) is 5.88 Å². The number of anilines is 2.